The smallest absolute Gasteiger partial charge is 0.235 e. The lowest BCUT2D eigenvalue weighted by atomic mass is 10.1. The number of benzene rings is 1. The standard InChI is InChI=1S/C10H10BrNO4/c1-15-8-3-7(11)6(4-12-5-13)9(14)10(8)16-2/h3,14H,4H2,1-2H3. The zero-order chi connectivity index (χ0) is 12.1. The van der Waals surface area contributed by atoms with Gasteiger partial charge in [0, 0.05) is 10.0 Å². The Balaban J connectivity index is 3.34. The van der Waals surface area contributed by atoms with E-state index in [-0.39, 0.29) is 18.0 Å². The van der Waals surface area contributed by atoms with E-state index in [1.54, 1.807) is 6.07 Å². The van der Waals surface area contributed by atoms with Gasteiger partial charge >= 0.3 is 0 Å². The van der Waals surface area contributed by atoms with Crippen LogP contribution in [0.3, 0.4) is 0 Å². The van der Waals surface area contributed by atoms with Crippen LogP contribution in [0.4, 0.5) is 0 Å². The molecule has 6 heteroatoms. The van der Waals surface area contributed by atoms with Gasteiger partial charge < -0.3 is 14.6 Å². The summed E-state index contributed by atoms with van der Waals surface area (Å²) in [6.45, 7) is 0.0241. The minimum absolute atomic E-state index is 0.0241. The molecule has 0 saturated heterocycles. The van der Waals surface area contributed by atoms with Gasteiger partial charge in [-0.3, -0.25) is 0 Å². The van der Waals surface area contributed by atoms with Crippen LogP contribution in [-0.2, 0) is 11.3 Å². The molecule has 0 radical (unpaired) electrons. The van der Waals surface area contributed by atoms with Gasteiger partial charge in [0.25, 0.3) is 0 Å². The summed E-state index contributed by atoms with van der Waals surface area (Å²) in [7, 11) is 2.88. The van der Waals surface area contributed by atoms with E-state index in [9.17, 15) is 9.90 Å². The molecule has 0 aliphatic rings. The second kappa shape index (κ2) is 5.53. The Bertz CT molecular complexity index is 441. The largest absolute Gasteiger partial charge is 0.504 e. The van der Waals surface area contributed by atoms with E-state index in [1.165, 1.54) is 20.3 Å². The van der Waals surface area contributed by atoms with Gasteiger partial charge in [-0.2, -0.15) is 0 Å². The van der Waals surface area contributed by atoms with Crippen LogP contribution >= 0.6 is 15.9 Å². The van der Waals surface area contributed by atoms with Gasteiger partial charge in [-0.15, -0.1) is 0 Å². The maximum Gasteiger partial charge on any atom is 0.235 e. The maximum atomic E-state index is 10.0. The average Bonchev–Trinajstić information content (AvgIpc) is 2.28. The quantitative estimate of drug-likeness (QED) is 0.679. The Morgan fingerprint density at radius 1 is 1.50 bits per heavy atom. The number of aliphatic imine (C=N–C) groups is 1. The number of nitrogens with zero attached hydrogens (tertiary/aromatic N) is 1. The van der Waals surface area contributed by atoms with Crippen LogP contribution in [0.15, 0.2) is 15.5 Å². The zero-order valence-corrected chi connectivity index (χ0v) is 10.4. The van der Waals surface area contributed by atoms with Crippen molar-refractivity contribution in [2.45, 2.75) is 6.54 Å². The summed E-state index contributed by atoms with van der Waals surface area (Å²) in [6, 6.07) is 1.63. The maximum absolute atomic E-state index is 10.0. The normalized spacial score (nSPS) is 9.44. The van der Waals surface area contributed by atoms with E-state index in [1.807, 2.05) is 0 Å². The lowest BCUT2D eigenvalue weighted by molar-refractivity contribution is 0.331. The van der Waals surface area contributed by atoms with Crippen molar-refractivity contribution in [3.8, 4) is 17.2 Å². The van der Waals surface area contributed by atoms with Gasteiger partial charge in [0.2, 0.25) is 11.8 Å². The van der Waals surface area contributed by atoms with Gasteiger partial charge in [-0.25, -0.2) is 9.79 Å². The number of methoxy groups -OCH3 is 2. The number of phenolic OH excluding ortho intramolecular Hbond substituents is 1. The Kier molecular flexibility index (Phi) is 4.34. The molecule has 0 aliphatic carbocycles. The highest BCUT2D eigenvalue weighted by Gasteiger charge is 2.17. The molecule has 0 unspecified atom stereocenters. The van der Waals surface area contributed by atoms with Crippen LogP contribution in [0.1, 0.15) is 5.56 Å². The molecule has 0 aliphatic heterocycles. The Labute approximate surface area is 101 Å². The van der Waals surface area contributed by atoms with E-state index in [4.69, 9.17) is 9.47 Å². The number of isocyanates is 1. The van der Waals surface area contributed by atoms with Gasteiger partial charge in [-0.05, 0) is 6.07 Å². The molecular weight excluding hydrogens is 278 g/mol. The summed E-state index contributed by atoms with van der Waals surface area (Å²) in [6.07, 6.45) is 1.41. The molecule has 0 aromatic heterocycles. The van der Waals surface area contributed by atoms with Crippen molar-refractivity contribution in [1.82, 2.24) is 0 Å². The fraction of sp³-hybridized carbons (Fsp3) is 0.300. The first-order valence-corrected chi connectivity index (χ1v) is 5.11. The molecule has 0 fully saturated rings. The topological polar surface area (TPSA) is 68.1 Å². The van der Waals surface area contributed by atoms with Crippen LogP contribution in [0.5, 0.6) is 17.2 Å². The molecule has 86 valence electrons. The molecule has 0 spiro atoms. The molecule has 0 amide bonds. The van der Waals surface area contributed by atoms with Gasteiger partial charge in [0.15, 0.2) is 11.5 Å². The molecule has 0 heterocycles. The first kappa shape index (κ1) is 12.5. The molecular formula is C10H10BrNO4. The molecule has 0 atom stereocenters. The van der Waals surface area contributed by atoms with Crippen molar-refractivity contribution in [3.05, 3.63) is 16.1 Å². The predicted molar refractivity (Wildman–Crippen MR) is 60.7 cm³/mol. The molecule has 5 nitrogen and oxygen atoms in total. The van der Waals surface area contributed by atoms with Crippen molar-refractivity contribution < 1.29 is 19.4 Å². The molecule has 1 aromatic carbocycles. The minimum Gasteiger partial charge on any atom is -0.504 e. The number of rotatable bonds is 4. The Morgan fingerprint density at radius 3 is 2.69 bits per heavy atom. The summed E-state index contributed by atoms with van der Waals surface area (Å²) in [5.41, 5.74) is 0.445. The van der Waals surface area contributed by atoms with Crippen molar-refractivity contribution in [2.24, 2.45) is 4.99 Å². The number of ether oxygens (including phenoxy) is 2. The molecule has 1 aromatic rings. The Morgan fingerprint density at radius 2 is 2.19 bits per heavy atom. The highest BCUT2D eigenvalue weighted by molar-refractivity contribution is 9.10. The summed E-state index contributed by atoms with van der Waals surface area (Å²) in [5, 5.41) is 9.88. The lowest BCUT2D eigenvalue weighted by Crippen LogP contribution is -1.95. The zero-order valence-electron chi connectivity index (χ0n) is 8.78. The number of aromatic hydroxyl groups is 1. The highest BCUT2D eigenvalue weighted by Crippen LogP contribution is 2.43. The third kappa shape index (κ3) is 2.35. The number of halogens is 1. The van der Waals surface area contributed by atoms with E-state index in [2.05, 4.69) is 20.9 Å². The first-order chi connectivity index (χ1) is 7.65. The fourth-order valence-electron chi connectivity index (χ4n) is 1.25. The van der Waals surface area contributed by atoms with Crippen LogP contribution in [0.25, 0.3) is 0 Å². The molecule has 16 heavy (non-hydrogen) atoms. The second-order valence-electron chi connectivity index (χ2n) is 2.83. The Hall–Kier alpha value is -1.52. The van der Waals surface area contributed by atoms with Crippen molar-refractivity contribution >= 4 is 22.0 Å². The van der Waals surface area contributed by atoms with Crippen molar-refractivity contribution in [2.75, 3.05) is 14.2 Å². The summed E-state index contributed by atoms with van der Waals surface area (Å²) < 4.78 is 10.6. The van der Waals surface area contributed by atoms with Crippen LogP contribution in [-0.4, -0.2) is 25.4 Å². The number of phenols is 1. The van der Waals surface area contributed by atoms with Crippen molar-refractivity contribution in [3.63, 3.8) is 0 Å². The highest BCUT2D eigenvalue weighted by atomic mass is 79.9. The molecule has 1 N–H and O–H groups in total. The third-order valence-corrected chi connectivity index (χ3v) is 2.70. The van der Waals surface area contributed by atoms with Crippen LogP contribution in [0.2, 0.25) is 0 Å². The van der Waals surface area contributed by atoms with Crippen LogP contribution in [0, 0.1) is 0 Å². The lowest BCUT2D eigenvalue weighted by Gasteiger charge is -2.13. The van der Waals surface area contributed by atoms with E-state index in [0.717, 1.165) is 0 Å². The van der Waals surface area contributed by atoms with Gasteiger partial charge in [-0.1, -0.05) is 15.9 Å². The number of hydrogen-bond donors (Lipinski definition) is 1. The summed E-state index contributed by atoms with van der Waals surface area (Å²) >= 11 is 3.25. The van der Waals surface area contributed by atoms with E-state index >= 15 is 0 Å². The molecule has 0 saturated carbocycles. The number of carbonyl (C=O) groups excluding carboxylic acids is 1. The summed E-state index contributed by atoms with van der Waals surface area (Å²) in [5.74, 6) is 0.500. The fourth-order valence-corrected chi connectivity index (χ4v) is 1.77. The first-order valence-electron chi connectivity index (χ1n) is 4.31. The minimum atomic E-state index is -0.104. The van der Waals surface area contributed by atoms with Gasteiger partial charge in [0.1, 0.15) is 0 Å². The summed E-state index contributed by atoms with van der Waals surface area (Å²) in [4.78, 5) is 13.4. The third-order valence-electron chi connectivity index (χ3n) is 2.00. The van der Waals surface area contributed by atoms with E-state index in [0.29, 0.717) is 15.8 Å². The SMILES string of the molecule is COc1cc(Br)c(CN=C=O)c(O)c1OC. The van der Waals surface area contributed by atoms with E-state index < -0.39 is 0 Å². The van der Waals surface area contributed by atoms with Crippen molar-refractivity contribution in [1.29, 1.82) is 0 Å². The predicted octanol–water partition coefficient (Wildman–Crippen LogP) is 2.01. The molecule has 1 rings (SSSR count). The van der Waals surface area contributed by atoms with Crippen LogP contribution < -0.4 is 9.47 Å². The molecule has 0 bridgehead atoms. The second-order valence-corrected chi connectivity index (χ2v) is 3.68. The number of hydrogen-bond acceptors (Lipinski definition) is 5. The average molecular weight is 288 g/mol. The van der Waals surface area contributed by atoms with Gasteiger partial charge in [0.05, 0.1) is 20.8 Å². The monoisotopic (exact) mass is 287 g/mol.